The molecule has 0 amide bonds. The van der Waals surface area contributed by atoms with Crippen molar-refractivity contribution in [3.63, 3.8) is 0 Å². The first-order valence-corrected chi connectivity index (χ1v) is 6.54. The lowest BCUT2D eigenvalue weighted by Gasteiger charge is -2.15. The molecular formula is C12H15ClN6O2. The van der Waals surface area contributed by atoms with E-state index in [2.05, 4.69) is 31.2 Å². The van der Waals surface area contributed by atoms with Crippen molar-refractivity contribution in [2.75, 3.05) is 12.5 Å². The van der Waals surface area contributed by atoms with Gasteiger partial charge >= 0.3 is 0 Å². The lowest BCUT2D eigenvalue weighted by atomic mass is 10.2. The molecule has 0 aliphatic rings. The first-order valence-electron chi connectivity index (χ1n) is 6.17. The van der Waals surface area contributed by atoms with E-state index in [4.69, 9.17) is 21.1 Å². The van der Waals surface area contributed by atoms with Gasteiger partial charge < -0.3 is 9.47 Å². The van der Waals surface area contributed by atoms with Crippen molar-refractivity contribution >= 4 is 23.8 Å². The van der Waals surface area contributed by atoms with Crippen LogP contribution in [0.3, 0.4) is 0 Å². The molecular weight excluding hydrogens is 296 g/mol. The quantitative estimate of drug-likeness (QED) is 0.626. The van der Waals surface area contributed by atoms with Crippen LogP contribution in [-0.4, -0.2) is 40.1 Å². The van der Waals surface area contributed by atoms with Crippen molar-refractivity contribution in [1.82, 2.24) is 20.6 Å². The molecule has 2 aromatic rings. The topological polar surface area (TPSA) is 97.3 Å². The van der Waals surface area contributed by atoms with Gasteiger partial charge in [0.1, 0.15) is 0 Å². The van der Waals surface area contributed by atoms with Crippen molar-refractivity contribution in [3.05, 3.63) is 22.7 Å². The number of aromatic amines is 1. The van der Waals surface area contributed by atoms with Gasteiger partial charge in [-0.2, -0.15) is 10.3 Å². The van der Waals surface area contributed by atoms with Gasteiger partial charge in [0, 0.05) is 0 Å². The number of H-pyrrole nitrogens is 1. The zero-order chi connectivity index (χ0) is 15.2. The molecule has 1 aromatic heterocycles. The molecule has 112 valence electrons. The van der Waals surface area contributed by atoms with Crippen molar-refractivity contribution in [1.29, 1.82) is 0 Å². The average molecular weight is 311 g/mol. The summed E-state index contributed by atoms with van der Waals surface area (Å²) in [4.78, 5) is 0. The second-order valence-corrected chi connectivity index (χ2v) is 4.71. The first-order chi connectivity index (χ1) is 10.1. The molecule has 0 radical (unpaired) electrons. The smallest absolute Gasteiger partial charge is 0.283 e. The predicted molar refractivity (Wildman–Crippen MR) is 79.2 cm³/mol. The summed E-state index contributed by atoms with van der Waals surface area (Å²) in [5.41, 5.74) is 3.36. The second kappa shape index (κ2) is 6.89. The van der Waals surface area contributed by atoms with E-state index in [-0.39, 0.29) is 12.1 Å². The number of hydrogen-bond donors (Lipinski definition) is 2. The molecule has 0 aliphatic heterocycles. The van der Waals surface area contributed by atoms with Crippen molar-refractivity contribution < 1.29 is 9.47 Å². The molecule has 0 bridgehead atoms. The van der Waals surface area contributed by atoms with Crippen LogP contribution in [-0.2, 0) is 0 Å². The van der Waals surface area contributed by atoms with Gasteiger partial charge in [0.05, 0.1) is 24.5 Å². The third-order valence-electron chi connectivity index (χ3n) is 2.32. The zero-order valence-electron chi connectivity index (χ0n) is 11.8. The van der Waals surface area contributed by atoms with Gasteiger partial charge in [-0.1, -0.05) is 16.7 Å². The Balaban J connectivity index is 2.19. The summed E-state index contributed by atoms with van der Waals surface area (Å²) in [5, 5.41) is 17.6. The minimum atomic E-state index is -0.000360. The highest BCUT2D eigenvalue weighted by Gasteiger charge is 2.12. The molecule has 2 N–H and O–H groups in total. The maximum atomic E-state index is 6.17. The summed E-state index contributed by atoms with van der Waals surface area (Å²) in [6.07, 6.45) is 1.56. The number of hydrogen-bond acceptors (Lipinski definition) is 7. The van der Waals surface area contributed by atoms with Crippen LogP contribution >= 0.6 is 11.6 Å². The molecule has 9 heteroatoms. The Bertz CT molecular complexity index is 614. The predicted octanol–water partition coefficient (Wildman–Crippen LogP) is 2.09. The van der Waals surface area contributed by atoms with Crippen LogP contribution in [0.2, 0.25) is 5.02 Å². The molecule has 21 heavy (non-hydrogen) atoms. The highest BCUT2D eigenvalue weighted by atomic mass is 35.5. The van der Waals surface area contributed by atoms with Crippen LogP contribution < -0.4 is 14.9 Å². The van der Waals surface area contributed by atoms with Crippen LogP contribution in [0.4, 0.5) is 5.95 Å². The van der Waals surface area contributed by atoms with Crippen LogP contribution in [0.25, 0.3) is 0 Å². The number of nitrogens with zero attached hydrogens (tertiary/aromatic N) is 4. The summed E-state index contributed by atoms with van der Waals surface area (Å²) in [6, 6.07) is 3.50. The van der Waals surface area contributed by atoms with Gasteiger partial charge in [-0.3, -0.25) is 0 Å². The van der Waals surface area contributed by atoms with Crippen molar-refractivity contribution in [2.24, 2.45) is 5.10 Å². The Hall–Kier alpha value is -2.35. The normalized spacial score (nSPS) is 11.1. The Morgan fingerprint density at radius 3 is 2.86 bits per heavy atom. The van der Waals surface area contributed by atoms with E-state index < -0.39 is 0 Å². The third-order valence-corrected chi connectivity index (χ3v) is 2.60. The Morgan fingerprint density at radius 2 is 2.24 bits per heavy atom. The number of benzene rings is 1. The molecule has 0 unspecified atom stereocenters. The van der Waals surface area contributed by atoms with Crippen molar-refractivity contribution in [2.45, 2.75) is 20.0 Å². The first kappa shape index (κ1) is 15.0. The number of nitrogens with one attached hydrogen (secondary N) is 2. The number of aromatic nitrogens is 4. The molecule has 1 aromatic carbocycles. The zero-order valence-corrected chi connectivity index (χ0v) is 12.5. The van der Waals surface area contributed by atoms with Gasteiger partial charge in [0.25, 0.3) is 5.95 Å². The Morgan fingerprint density at radius 1 is 1.43 bits per heavy atom. The number of halogens is 1. The van der Waals surface area contributed by atoms with Gasteiger partial charge in [-0.15, -0.1) is 5.10 Å². The molecule has 0 fully saturated rings. The SMILES string of the molecule is COc1c(Cl)cc(C=NNc2nn[nH]n2)cc1OC(C)C. The van der Waals surface area contributed by atoms with E-state index in [0.29, 0.717) is 16.5 Å². The van der Waals surface area contributed by atoms with Gasteiger partial charge in [0.15, 0.2) is 11.5 Å². The van der Waals surface area contributed by atoms with Crippen LogP contribution in [0, 0.1) is 0 Å². The van der Waals surface area contributed by atoms with Crippen LogP contribution in [0.5, 0.6) is 11.5 Å². The van der Waals surface area contributed by atoms with Crippen molar-refractivity contribution in [3.8, 4) is 11.5 Å². The van der Waals surface area contributed by atoms with E-state index in [1.807, 2.05) is 13.8 Å². The average Bonchev–Trinajstić information content (AvgIpc) is 2.91. The molecule has 0 spiro atoms. The number of rotatable bonds is 6. The fourth-order valence-corrected chi connectivity index (χ4v) is 1.87. The third kappa shape index (κ3) is 4.06. The lowest BCUT2D eigenvalue weighted by molar-refractivity contribution is 0.230. The number of tetrazole rings is 1. The minimum Gasteiger partial charge on any atom is -0.491 e. The Kier molecular flexibility index (Phi) is 4.94. The largest absolute Gasteiger partial charge is 0.491 e. The molecule has 8 nitrogen and oxygen atoms in total. The van der Waals surface area contributed by atoms with E-state index in [1.54, 1.807) is 25.5 Å². The van der Waals surface area contributed by atoms with Gasteiger partial charge in [-0.05, 0) is 36.8 Å². The van der Waals surface area contributed by atoms with E-state index in [0.717, 1.165) is 5.56 Å². The van der Waals surface area contributed by atoms with Crippen LogP contribution in [0.1, 0.15) is 19.4 Å². The van der Waals surface area contributed by atoms with E-state index in [9.17, 15) is 0 Å². The van der Waals surface area contributed by atoms with Gasteiger partial charge in [-0.25, -0.2) is 5.43 Å². The number of ether oxygens (including phenoxy) is 2. The number of hydrazone groups is 1. The Labute approximate surface area is 126 Å². The summed E-state index contributed by atoms with van der Waals surface area (Å²) < 4.78 is 10.9. The molecule has 0 saturated heterocycles. The van der Waals surface area contributed by atoms with Crippen LogP contribution in [0.15, 0.2) is 17.2 Å². The highest BCUT2D eigenvalue weighted by molar-refractivity contribution is 6.32. The molecule has 0 saturated carbocycles. The van der Waals surface area contributed by atoms with E-state index >= 15 is 0 Å². The fraction of sp³-hybridized carbons (Fsp3) is 0.333. The summed E-state index contributed by atoms with van der Waals surface area (Å²) in [7, 11) is 1.54. The maximum Gasteiger partial charge on any atom is 0.283 e. The number of methoxy groups -OCH3 is 1. The monoisotopic (exact) mass is 310 g/mol. The molecule has 1 heterocycles. The maximum absolute atomic E-state index is 6.17. The standard InChI is InChI=1S/C12H15ClN6O2/c1-7(2)21-10-5-8(4-9(13)11(10)20-3)6-14-15-12-16-18-19-17-12/h4-7H,1-3H3,(H2,15,16,17,18,19). The van der Waals surface area contributed by atoms with E-state index in [1.165, 1.54) is 0 Å². The molecule has 2 rings (SSSR count). The number of anilines is 1. The fourth-order valence-electron chi connectivity index (χ4n) is 1.58. The molecule has 0 atom stereocenters. The summed E-state index contributed by atoms with van der Waals surface area (Å²) in [5.74, 6) is 1.32. The summed E-state index contributed by atoms with van der Waals surface area (Å²) in [6.45, 7) is 3.85. The lowest BCUT2D eigenvalue weighted by Crippen LogP contribution is -2.07. The second-order valence-electron chi connectivity index (χ2n) is 4.31. The highest BCUT2D eigenvalue weighted by Crippen LogP contribution is 2.36. The van der Waals surface area contributed by atoms with Gasteiger partial charge in [0.2, 0.25) is 0 Å². The molecule has 0 aliphatic carbocycles. The summed E-state index contributed by atoms with van der Waals surface area (Å²) >= 11 is 6.17. The minimum absolute atomic E-state index is 0.000360.